The van der Waals surface area contributed by atoms with Crippen LogP contribution in [-0.2, 0) is 19.4 Å². The maximum atomic E-state index is 13.7. The summed E-state index contributed by atoms with van der Waals surface area (Å²) >= 11 is 7.07. The Kier molecular flexibility index (Phi) is 7.57. The van der Waals surface area contributed by atoms with Gasteiger partial charge >= 0.3 is 0 Å². The van der Waals surface area contributed by atoms with E-state index in [1.165, 1.54) is 12.3 Å². The zero-order valence-electron chi connectivity index (χ0n) is 18.4. The maximum absolute atomic E-state index is 13.7. The number of aryl methyl sites for hydroxylation is 1. The van der Waals surface area contributed by atoms with Crippen molar-refractivity contribution in [3.63, 3.8) is 0 Å². The van der Waals surface area contributed by atoms with Crippen molar-refractivity contribution in [1.82, 2.24) is 9.97 Å². The molecule has 2 N–H and O–H groups in total. The fraction of sp³-hybridized carbons (Fsp3) is 0.591. The molecule has 0 spiro atoms. The Bertz CT molecular complexity index is 1160. The molecule has 1 amide bonds. The predicted octanol–water partition coefficient (Wildman–Crippen LogP) is 4.05. The summed E-state index contributed by atoms with van der Waals surface area (Å²) in [6.07, 6.45) is 6.63. The summed E-state index contributed by atoms with van der Waals surface area (Å²) in [6.45, 7) is 2.37. The number of aromatic amines is 1. The molecule has 0 aromatic carbocycles. The third kappa shape index (κ3) is 5.50. The molecule has 1 saturated carbocycles. The van der Waals surface area contributed by atoms with Crippen molar-refractivity contribution in [2.45, 2.75) is 67.9 Å². The van der Waals surface area contributed by atoms with E-state index in [9.17, 15) is 18.0 Å². The Hall–Kier alpha value is -1.75. The topological polar surface area (TPSA) is 118 Å². The van der Waals surface area contributed by atoms with E-state index in [0.717, 1.165) is 37.0 Å². The van der Waals surface area contributed by atoms with Gasteiger partial charge < -0.3 is 15.0 Å². The van der Waals surface area contributed by atoms with Crippen LogP contribution in [0.15, 0.2) is 22.0 Å². The Morgan fingerprint density at radius 2 is 2.00 bits per heavy atom. The fourth-order valence-electron chi connectivity index (χ4n) is 4.84. The smallest absolute Gasteiger partial charge is 0.253 e. The van der Waals surface area contributed by atoms with Crippen LogP contribution in [0.1, 0.15) is 62.1 Å². The van der Waals surface area contributed by atoms with Gasteiger partial charge in [-0.25, -0.2) is 13.4 Å². The monoisotopic (exact) mass is 513 g/mol. The van der Waals surface area contributed by atoms with E-state index in [0.29, 0.717) is 47.6 Å². The summed E-state index contributed by atoms with van der Waals surface area (Å²) in [4.78, 5) is 33.4. The molecule has 2 fully saturated rings. The zero-order chi connectivity index (χ0) is 23.6. The minimum atomic E-state index is -3.83. The predicted molar refractivity (Wildman–Crippen MR) is 128 cm³/mol. The average Bonchev–Trinajstić information content (AvgIpc) is 3.44. The number of ether oxygens (including phenoxy) is 1. The number of nitrogens with zero attached hydrogens (tertiary/aromatic N) is 1. The highest BCUT2D eigenvalue weighted by Crippen LogP contribution is 2.37. The molecule has 1 atom stereocenters. The van der Waals surface area contributed by atoms with Gasteiger partial charge in [-0.05, 0) is 38.2 Å². The first-order valence-electron chi connectivity index (χ1n) is 11.2. The highest BCUT2D eigenvalue weighted by molar-refractivity contribution is 7.92. The van der Waals surface area contributed by atoms with Crippen molar-refractivity contribution >= 4 is 43.8 Å². The van der Waals surface area contributed by atoms with Gasteiger partial charge in [0.2, 0.25) is 5.91 Å². The number of halogens is 1. The number of anilines is 1. The fourth-order valence-corrected chi connectivity index (χ4v) is 7.71. The number of rotatable bonds is 7. The van der Waals surface area contributed by atoms with Crippen molar-refractivity contribution in [3.05, 3.63) is 38.2 Å². The molecular weight excluding hydrogens is 486 g/mol. The van der Waals surface area contributed by atoms with E-state index >= 15 is 0 Å². The largest absolute Gasteiger partial charge is 0.381 e. The van der Waals surface area contributed by atoms with E-state index in [1.807, 2.05) is 0 Å². The summed E-state index contributed by atoms with van der Waals surface area (Å²) < 4.78 is 33.1. The third-order valence-corrected chi connectivity index (χ3v) is 9.83. The van der Waals surface area contributed by atoms with Crippen LogP contribution in [0.25, 0.3) is 0 Å². The van der Waals surface area contributed by atoms with Crippen LogP contribution in [0.2, 0.25) is 4.34 Å². The van der Waals surface area contributed by atoms with Gasteiger partial charge in [0, 0.05) is 24.5 Å². The number of amides is 1. The lowest BCUT2D eigenvalue weighted by molar-refractivity contribution is -0.118. The standard InChI is InChI=1S/C22H28ClN3O5S2/c1-13-10-17(33(29,30)15-6-8-31-9-7-15)19(21(28)25-13)16(11-14-4-2-3-5-14)20(27)26-22-24-12-18(23)32-22/h10,12,14-16H,2-9,11H2,1H3,(H,25,28)(H,24,26,27)/t16-/m0/s1. The summed E-state index contributed by atoms with van der Waals surface area (Å²) in [7, 11) is -3.83. The number of carbonyl (C=O) groups excluding carboxylic acids is 1. The Balaban J connectivity index is 1.78. The number of carbonyl (C=O) groups is 1. The minimum Gasteiger partial charge on any atom is -0.381 e. The van der Waals surface area contributed by atoms with Gasteiger partial charge in [0.05, 0.1) is 22.3 Å². The average molecular weight is 514 g/mol. The SMILES string of the molecule is Cc1cc(S(=O)(=O)C2CCOCC2)c([C@H](CC2CCCC2)C(=O)Nc2ncc(Cl)s2)c(=O)[nH]1. The van der Waals surface area contributed by atoms with Gasteiger partial charge in [-0.15, -0.1) is 0 Å². The van der Waals surface area contributed by atoms with Gasteiger partial charge in [0.25, 0.3) is 5.56 Å². The summed E-state index contributed by atoms with van der Waals surface area (Å²) in [6, 6.07) is 1.50. The molecule has 0 bridgehead atoms. The quantitative estimate of drug-likeness (QED) is 0.576. The summed E-state index contributed by atoms with van der Waals surface area (Å²) in [5.41, 5.74) is -0.0591. The summed E-state index contributed by atoms with van der Waals surface area (Å²) in [5, 5.41) is 2.43. The van der Waals surface area contributed by atoms with Crippen LogP contribution >= 0.6 is 22.9 Å². The Morgan fingerprint density at radius 1 is 1.30 bits per heavy atom. The van der Waals surface area contributed by atoms with Crippen molar-refractivity contribution in [2.24, 2.45) is 5.92 Å². The van der Waals surface area contributed by atoms with Crippen molar-refractivity contribution in [1.29, 1.82) is 0 Å². The molecule has 11 heteroatoms. The number of hydrogen-bond donors (Lipinski definition) is 2. The van der Waals surface area contributed by atoms with Crippen LogP contribution in [0.5, 0.6) is 0 Å². The zero-order valence-corrected chi connectivity index (χ0v) is 20.8. The van der Waals surface area contributed by atoms with Gasteiger partial charge in [-0.1, -0.05) is 48.6 Å². The molecule has 180 valence electrons. The highest BCUT2D eigenvalue weighted by atomic mass is 35.5. The Morgan fingerprint density at radius 3 is 2.64 bits per heavy atom. The molecule has 2 aromatic heterocycles. The van der Waals surface area contributed by atoms with E-state index in [-0.39, 0.29) is 16.4 Å². The van der Waals surface area contributed by atoms with Gasteiger partial charge in [0.1, 0.15) is 4.34 Å². The normalized spacial score (nSPS) is 19.0. The van der Waals surface area contributed by atoms with E-state index in [2.05, 4.69) is 15.3 Å². The lowest BCUT2D eigenvalue weighted by Crippen LogP contribution is -2.34. The Labute approximate surface area is 202 Å². The van der Waals surface area contributed by atoms with Crippen LogP contribution in [-0.4, -0.2) is 42.8 Å². The van der Waals surface area contributed by atoms with Crippen LogP contribution in [0, 0.1) is 12.8 Å². The second-order valence-electron chi connectivity index (χ2n) is 8.81. The van der Waals surface area contributed by atoms with Gasteiger partial charge in [0.15, 0.2) is 15.0 Å². The molecule has 2 aromatic rings. The first kappa shape index (κ1) is 24.4. The molecule has 0 radical (unpaired) electrons. The molecule has 3 heterocycles. The molecule has 2 aliphatic rings. The van der Waals surface area contributed by atoms with Gasteiger partial charge in [-0.2, -0.15) is 0 Å². The lowest BCUT2D eigenvalue weighted by atomic mass is 9.87. The number of pyridine rings is 1. The van der Waals surface area contributed by atoms with Crippen LogP contribution < -0.4 is 10.9 Å². The molecular formula is C22H28ClN3O5S2. The first-order valence-corrected chi connectivity index (χ1v) is 14.0. The van der Waals surface area contributed by atoms with E-state index in [1.54, 1.807) is 6.92 Å². The number of H-pyrrole nitrogens is 1. The molecule has 1 saturated heterocycles. The van der Waals surface area contributed by atoms with E-state index in [4.69, 9.17) is 16.3 Å². The lowest BCUT2D eigenvalue weighted by Gasteiger charge is -2.26. The van der Waals surface area contributed by atoms with Crippen LogP contribution in [0.3, 0.4) is 0 Å². The van der Waals surface area contributed by atoms with Crippen molar-refractivity contribution in [3.8, 4) is 0 Å². The number of aromatic nitrogens is 2. The molecule has 1 aliphatic heterocycles. The molecule has 8 nitrogen and oxygen atoms in total. The second-order valence-corrected chi connectivity index (χ2v) is 12.7. The number of thiazole rings is 1. The van der Waals surface area contributed by atoms with Crippen molar-refractivity contribution in [2.75, 3.05) is 18.5 Å². The molecule has 4 rings (SSSR count). The number of hydrogen-bond acceptors (Lipinski definition) is 7. The maximum Gasteiger partial charge on any atom is 0.253 e. The first-order chi connectivity index (χ1) is 15.8. The van der Waals surface area contributed by atoms with Crippen LogP contribution in [0.4, 0.5) is 5.13 Å². The number of nitrogens with one attached hydrogen (secondary N) is 2. The van der Waals surface area contributed by atoms with Crippen molar-refractivity contribution < 1.29 is 17.9 Å². The minimum absolute atomic E-state index is 0.0270. The van der Waals surface area contributed by atoms with Gasteiger partial charge in [-0.3, -0.25) is 9.59 Å². The second kappa shape index (κ2) is 10.2. The molecule has 33 heavy (non-hydrogen) atoms. The number of sulfone groups is 1. The molecule has 1 aliphatic carbocycles. The highest BCUT2D eigenvalue weighted by Gasteiger charge is 2.38. The third-order valence-electron chi connectivity index (χ3n) is 6.50. The van der Waals surface area contributed by atoms with E-state index < -0.39 is 32.5 Å². The summed E-state index contributed by atoms with van der Waals surface area (Å²) in [5.74, 6) is -1.10. The molecule has 0 unspecified atom stereocenters.